The maximum Gasteiger partial charge on any atom is 0.165 e. The standard InChI is InChI=1S/C15H13ClF3NO/c1-20-15(8-3-4-14(21-2)13(19)5-8)9-6-12(18)10(16)7-11(9)17/h3-7,15,20H,1-2H3. The van der Waals surface area contributed by atoms with Gasteiger partial charge in [-0.25, -0.2) is 13.2 Å². The molecule has 0 aromatic heterocycles. The van der Waals surface area contributed by atoms with Crippen LogP contribution in [0.3, 0.4) is 0 Å². The molecule has 0 aliphatic carbocycles. The molecule has 0 aliphatic heterocycles. The number of hydrogen-bond acceptors (Lipinski definition) is 2. The highest BCUT2D eigenvalue weighted by molar-refractivity contribution is 6.30. The number of halogens is 4. The molecule has 6 heteroatoms. The van der Waals surface area contributed by atoms with Gasteiger partial charge in [-0.2, -0.15) is 0 Å². The molecule has 21 heavy (non-hydrogen) atoms. The van der Waals surface area contributed by atoms with E-state index in [9.17, 15) is 13.2 Å². The summed E-state index contributed by atoms with van der Waals surface area (Å²) >= 11 is 5.53. The van der Waals surface area contributed by atoms with Crippen molar-refractivity contribution in [2.45, 2.75) is 6.04 Å². The number of rotatable bonds is 4. The van der Waals surface area contributed by atoms with Crippen LogP contribution in [0.25, 0.3) is 0 Å². The zero-order valence-electron chi connectivity index (χ0n) is 11.4. The molecular formula is C15H13ClF3NO. The molecule has 0 fully saturated rings. The van der Waals surface area contributed by atoms with Gasteiger partial charge in [0.1, 0.15) is 11.6 Å². The SMILES string of the molecule is CNC(c1ccc(OC)c(F)c1)c1cc(F)c(Cl)cc1F. The highest BCUT2D eigenvalue weighted by Gasteiger charge is 2.20. The zero-order valence-corrected chi connectivity index (χ0v) is 12.1. The van der Waals surface area contributed by atoms with Crippen molar-refractivity contribution in [3.05, 3.63) is 63.9 Å². The van der Waals surface area contributed by atoms with E-state index in [0.717, 1.165) is 12.1 Å². The molecule has 0 amide bonds. The van der Waals surface area contributed by atoms with Gasteiger partial charge in [0.25, 0.3) is 0 Å². The van der Waals surface area contributed by atoms with Crippen LogP contribution < -0.4 is 10.1 Å². The zero-order chi connectivity index (χ0) is 15.6. The largest absolute Gasteiger partial charge is 0.494 e. The van der Waals surface area contributed by atoms with Gasteiger partial charge in [-0.15, -0.1) is 0 Å². The fourth-order valence-corrected chi connectivity index (χ4v) is 2.27. The van der Waals surface area contributed by atoms with Gasteiger partial charge in [-0.3, -0.25) is 0 Å². The third-order valence-corrected chi connectivity index (χ3v) is 3.44. The maximum absolute atomic E-state index is 14.0. The molecule has 112 valence electrons. The summed E-state index contributed by atoms with van der Waals surface area (Å²) in [4.78, 5) is 0. The van der Waals surface area contributed by atoms with Crippen molar-refractivity contribution in [3.63, 3.8) is 0 Å². The molecule has 1 atom stereocenters. The summed E-state index contributed by atoms with van der Waals surface area (Å²) in [7, 11) is 2.92. The second-order valence-electron chi connectivity index (χ2n) is 4.40. The molecule has 0 bridgehead atoms. The first-order valence-electron chi connectivity index (χ1n) is 6.13. The van der Waals surface area contributed by atoms with Gasteiger partial charge < -0.3 is 10.1 Å². The normalized spacial score (nSPS) is 12.3. The van der Waals surface area contributed by atoms with Gasteiger partial charge in [-0.1, -0.05) is 17.7 Å². The van der Waals surface area contributed by atoms with Crippen molar-refractivity contribution >= 4 is 11.6 Å². The van der Waals surface area contributed by atoms with Gasteiger partial charge in [0.05, 0.1) is 18.2 Å². The summed E-state index contributed by atoms with van der Waals surface area (Å²) in [6, 6.07) is 5.41. The minimum atomic E-state index is -0.734. The average Bonchev–Trinajstić information content (AvgIpc) is 2.45. The predicted molar refractivity (Wildman–Crippen MR) is 75.2 cm³/mol. The van der Waals surface area contributed by atoms with Crippen LogP contribution in [0, 0.1) is 17.5 Å². The van der Waals surface area contributed by atoms with Crippen molar-refractivity contribution in [1.29, 1.82) is 0 Å². The number of benzene rings is 2. The molecule has 2 nitrogen and oxygen atoms in total. The summed E-state index contributed by atoms with van der Waals surface area (Å²) in [5.74, 6) is -1.90. The number of hydrogen-bond donors (Lipinski definition) is 1. The monoisotopic (exact) mass is 315 g/mol. The van der Waals surface area contributed by atoms with Gasteiger partial charge in [-0.05, 0) is 36.9 Å². The summed E-state index contributed by atoms with van der Waals surface area (Å²) in [6.45, 7) is 0. The Morgan fingerprint density at radius 3 is 2.33 bits per heavy atom. The Bertz CT molecular complexity index is 664. The molecule has 0 heterocycles. The highest BCUT2D eigenvalue weighted by Crippen LogP contribution is 2.30. The molecule has 0 saturated heterocycles. The van der Waals surface area contributed by atoms with E-state index in [2.05, 4.69) is 5.32 Å². The molecule has 2 rings (SSSR count). The second-order valence-corrected chi connectivity index (χ2v) is 4.81. The van der Waals surface area contributed by atoms with Crippen LogP contribution in [0.15, 0.2) is 30.3 Å². The lowest BCUT2D eigenvalue weighted by Gasteiger charge is -2.19. The Kier molecular flexibility index (Phi) is 4.75. The molecule has 1 N–H and O–H groups in total. The first kappa shape index (κ1) is 15.7. The third-order valence-electron chi connectivity index (χ3n) is 3.15. The minimum Gasteiger partial charge on any atom is -0.494 e. The van der Waals surface area contributed by atoms with Gasteiger partial charge >= 0.3 is 0 Å². The van der Waals surface area contributed by atoms with Crippen molar-refractivity contribution in [3.8, 4) is 5.75 Å². The Labute approximate surface area is 125 Å². The first-order chi connectivity index (χ1) is 9.97. The highest BCUT2D eigenvalue weighted by atomic mass is 35.5. The second kappa shape index (κ2) is 6.37. The number of methoxy groups -OCH3 is 1. The molecular weight excluding hydrogens is 303 g/mol. The molecule has 0 spiro atoms. The Balaban J connectivity index is 2.49. The van der Waals surface area contributed by atoms with E-state index in [1.54, 1.807) is 13.1 Å². The van der Waals surface area contributed by atoms with Crippen molar-refractivity contribution < 1.29 is 17.9 Å². The van der Waals surface area contributed by atoms with Crippen LogP contribution in [0.2, 0.25) is 5.02 Å². The van der Waals surface area contributed by atoms with Gasteiger partial charge in [0.2, 0.25) is 0 Å². The van der Waals surface area contributed by atoms with Crippen LogP contribution in [0.1, 0.15) is 17.2 Å². The maximum atomic E-state index is 14.0. The van der Waals surface area contributed by atoms with E-state index in [1.807, 2.05) is 0 Å². The average molecular weight is 316 g/mol. The van der Waals surface area contributed by atoms with Crippen molar-refractivity contribution in [2.75, 3.05) is 14.2 Å². The molecule has 0 aliphatic rings. The topological polar surface area (TPSA) is 21.3 Å². The lowest BCUT2D eigenvalue weighted by atomic mass is 9.98. The quantitative estimate of drug-likeness (QED) is 0.859. The van der Waals surface area contributed by atoms with Crippen LogP contribution in [-0.4, -0.2) is 14.2 Å². The summed E-state index contributed by atoms with van der Waals surface area (Å²) in [5.41, 5.74) is 0.486. The van der Waals surface area contributed by atoms with Crippen LogP contribution >= 0.6 is 11.6 Å². The molecule has 0 saturated carbocycles. The van der Waals surface area contributed by atoms with E-state index in [-0.39, 0.29) is 16.3 Å². The lowest BCUT2D eigenvalue weighted by Crippen LogP contribution is -2.19. The molecule has 1 unspecified atom stereocenters. The van der Waals surface area contributed by atoms with Gasteiger partial charge in [0, 0.05) is 5.56 Å². The fraction of sp³-hybridized carbons (Fsp3) is 0.200. The first-order valence-corrected chi connectivity index (χ1v) is 6.51. The number of nitrogens with one attached hydrogen (secondary N) is 1. The van der Waals surface area contributed by atoms with E-state index < -0.39 is 23.5 Å². The van der Waals surface area contributed by atoms with E-state index in [1.165, 1.54) is 19.2 Å². The predicted octanol–water partition coefficient (Wildman–Crippen LogP) is 4.07. The summed E-state index contributed by atoms with van der Waals surface area (Å²) < 4.78 is 46.1. The van der Waals surface area contributed by atoms with Crippen LogP contribution in [0.4, 0.5) is 13.2 Å². The van der Waals surface area contributed by atoms with Crippen molar-refractivity contribution in [2.24, 2.45) is 0 Å². The smallest absolute Gasteiger partial charge is 0.165 e. The van der Waals surface area contributed by atoms with Gasteiger partial charge in [0.15, 0.2) is 11.6 Å². The fourth-order valence-electron chi connectivity index (χ4n) is 2.12. The molecule has 2 aromatic carbocycles. The Morgan fingerprint density at radius 2 is 1.76 bits per heavy atom. The number of ether oxygens (including phenoxy) is 1. The Hall–Kier alpha value is -1.72. The minimum absolute atomic E-state index is 0.0453. The van der Waals surface area contributed by atoms with Crippen molar-refractivity contribution in [1.82, 2.24) is 5.32 Å². The van der Waals surface area contributed by atoms with E-state index >= 15 is 0 Å². The lowest BCUT2D eigenvalue weighted by molar-refractivity contribution is 0.385. The third kappa shape index (κ3) is 3.14. The van der Waals surface area contributed by atoms with Crippen LogP contribution in [0.5, 0.6) is 5.75 Å². The van der Waals surface area contributed by atoms with E-state index in [0.29, 0.717) is 5.56 Å². The summed E-state index contributed by atoms with van der Waals surface area (Å²) in [5, 5.41) is 2.53. The summed E-state index contributed by atoms with van der Waals surface area (Å²) in [6.07, 6.45) is 0. The van der Waals surface area contributed by atoms with Crippen LogP contribution in [-0.2, 0) is 0 Å². The molecule has 0 radical (unpaired) electrons. The molecule has 2 aromatic rings. The Morgan fingerprint density at radius 1 is 1.05 bits per heavy atom. The van der Waals surface area contributed by atoms with E-state index in [4.69, 9.17) is 16.3 Å².